The molecule has 37 heavy (non-hydrogen) atoms. The summed E-state index contributed by atoms with van der Waals surface area (Å²) in [7, 11) is 0. The van der Waals surface area contributed by atoms with E-state index < -0.39 is 35.6 Å². The van der Waals surface area contributed by atoms with Gasteiger partial charge in [-0.2, -0.15) is 0 Å². The maximum atomic E-state index is 13.2. The van der Waals surface area contributed by atoms with Gasteiger partial charge in [-0.25, -0.2) is 4.79 Å². The molecule has 0 saturated heterocycles. The number of benzene rings is 2. The Bertz CT molecular complexity index is 1050. The maximum Gasteiger partial charge on any atom is 0.408 e. The first-order chi connectivity index (χ1) is 17.3. The van der Waals surface area contributed by atoms with Crippen molar-refractivity contribution in [3.8, 4) is 11.5 Å². The minimum absolute atomic E-state index is 0.0392. The number of rotatable bonds is 11. The molecule has 0 fully saturated rings. The van der Waals surface area contributed by atoms with Gasteiger partial charge in [0.05, 0.1) is 6.04 Å². The molecule has 2 rings (SSSR count). The van der Waals surface area contributed by atoms with Crippen molar-refractivity contribution in [2.45, 2.75) is 71.6 Å². The van der Waals surface area contributed by atoms with Crippen molar-refractivity contribution in [3.05, 3.63) is 59.7 Å². The van der Waals surface area contributed by atoms with E-state index in [4.69, 9.17) is 4.74 Å². The lowest BCUT2D eigenvalue weighted by atomic mass is 10.0. The number of imide groups is 1. The number of phenols is 2. The van der Waals surface area contributed by atoms with Crippen molar-refractivity contribution in [1.82, 2.24) is 16.0 Å². The van der Waals surface area contributed by atoms with Crippen LogP contribution in [0.2, 0.25) is 0 Å². The van der Waals surface area contributed by atoms with Gasteiger partial charge in [-0.05, 0) is 69.3 Å². The number of ether oxygens (including phenoxy) is 1. The van der Waals surface area contributed by atoms with Crippen LogP contribution in [-0.2, 0) is 27.2 Å². The van der Waals surface area contributed by atoms with E-state index in [1.54, 1.807) is 20.8 Å². The van der Waals surface area contributed by atoms with Gasteiger partial charge in [0, 0.05) is 6.42 Å². The molecule has 9 heteroatoms. The van der Waals surface area contributed by atoms with Crippen LogP contribution in [0.25, 0.3) is 0 Å². The molecular weight excluding hydrogens is 474 g/mol. The van der Waals surface area contributed by atoms with E-state index in [0.29, 0.717) is 18.5 Å². The van der Waals surface area contributed by atoms with Gasteiger partial charge < -0.3 is 25.6 Å². The molecule has 0 aliphatic heterocycles. The van der Waals surface area contributed by atoms with E-state index in [1.165, 1.54) is 18.2 Å². The zero-order valence-electron chi connectivity index (χ0n) is 22.2. The van der Waals surface area contributed by atoms with Crippen molar-refractivity contribution in [3.63, 3.8) is 0 Å². The Morgan fingerprint density at radius 1 is 0.892 bits per heavy atom. The van der Waals surface area contributed by atoms with Crippen LogP contribution in [0.5, 0.6) is 11.5 Å². The largest absolute Gasteiger partial charge is 0.504 e. The molecule has 0 unspecified atom stereocenters. The molecule has 0 aromatic heterocycles. The molecule has 0 saturated carbocycles. The van der Waals surface area contributed by atoms with Crippen molar-refractivity contribution >= 4 is 17.9 Å². The smallest absolute Gasteiger partial charge is 0.408 e. The van der Waals surface area contributed by atoms with E-state index in [9.17, 15) is 24.6 Å². The monoisotopic (exact) mass is 513 g/mol. The zero-order chi connectivity index (χ0) is 27.6. The minimum Gasteiger partial charge on any atom is -0.504 e. The van der Waals surface area contributed by atoms with Crippen LogP contribution in [0.3, 0.4) is 0 Å². The highest BCUT2D eigenvalue weighted by atomic mass is 16.6. The zero-order valence-corrected chi connectivity index (χ0v) is 22.2. The number of alkyl carbamates (subject to hydrolysis) is 1. The highest BCUT2D eigenvalue weighted by Gasteiger charge is 2.28. The van der Waals surface area contributed by atoms with Gasteiger partial charge in [0.15, 0.2) is 11.5 Å². The summed E-state index contributed by atoms with van der Waals surface area (Å²) in [5.41, 5.74) is 0.815. The number of nitrogens with one attached hydrogen (secondary N) is 3. The summed E-state index contributed by atoms with van der Waals surface area (Å²) >= 11 is 0. The number of hydrogen-bond acceptors (Lipinski definition) is 7. The molecule has 2 aromatic rings. The van der Waals surface area contributed by atoms with Crippen LogP contribution in [-0.4, -0.2) is 52.4 Å². The van der Waals surface area contributed by atoms with Crippen LogP contribution >= 0.6 is 0 Å². The Hall–Kier alpha value is -3.59. The number of aromatic hydroxyl groups is 2. The second-order valence-electron chi connectivity index (χ2n) is 10.5. The Morgan fingerprint density at radius 3 is 2.14 bits per heavy atom. The summed E-state index contributed by atoms with van der Waals surface area (Å²) in [6.45, 7) is 9.62. The molecule has 2 aromatic carbocycles. The SMILES string of the molecule is CC(C)C[C@H](NCCc1ccccc1)C(=O)NC(=O)[C@H](Cc1ccc(O)c(O)c1)NC(=O)OC(C)(C)C. The highest BCUT2D eigenvalue weighted by Crippen LogP contribution is 2.25. The van der Waals surface area contributed by atoms with Crippen molar-refractivity contribution in [2.75, 3.05) is 6.54 Å². The van der Waals surface area contributed by atoms with Crippen molar-refractivity contribution in [2.24, 2.45) is 5.92 Å². The second kappa shape index (κ2) is 13.6. The molecule has 0 aliphatic rings. The first-order valence-corrected chi connectivity index (χ1v) is 12.5. The van der Waals surface area contributed by atoms with Crippen LogP contribution in [0.4, 0.5) is 4.79 Å². The third-order valence-electron chi connectivity index (χ3n) is 5.40. The number of carbonyl (C=O) groups is 3. The van der Waals surface area contributed by atoms with Crippen LogP contribution in [0.15, 0.2) is 48.5 Å². The summed E-state index contributed by atoms with van der Waals surface area (Å²) in [6, 6.07) is 12.2. The van der Waals surface area contributed by atoms with E-state index in [2.05, 4.69) is 16.0 Å². The highest BCUT2D eigenvalue weighted by molar-refractivity contribution is 6.01. The number of carbonyl (C=O) groups excluding carboxylic acids is 3. The van der Waals surface area contributed by atoms with Crippen molar-refractivity contribution < 1.29 is 29.3 Å². The Labute approximate surface area is 218 Å². The van der Waals surface area contributed by atoms with E-state index in [0.717, 1.165) is 12.0 Å². The Balaban J connectivity index is 2.12. The average molecular weight is 514 g/mol. The molecule has 0 radical (unpaired) electrons. The Kier molecular flexibility index (Phi) is 10.9. The van der Waals surface area contributed by atoms with Gasteiger partial charge in [0.25, 0.3) is 0 Å². The lowest BCUT2D eigenvalue weighted by molar-refractivity contribution is -0.133. The molecule has 0 aliphatic carbocycles. The van der Waals surface area contributed by atoms with Crippen LogP contribution in [0.1, 0.15) is 52.2 Å². The van der Waals surface area contributed by atoms with Gasteiger partial charge >= 0.3 is 6.09 Å². The number of hydrogen-bond donors (Lipinski definition) is 5. The maximum absolute atomic E-state index is 13.2. The lowest BCUT2D eigenvalue weighted by Crippen LogP contribution is -2.54. The topological polar surface area (TPSA) is 137 Å². The van der Waals surface area contributed by atoms with Gasteiger partial charge in [0.2, 0.25) is 11.8 Å². The average Bonchev–Trinajstić information content (AvgIpc) is 2.79. The predicted octanol–water partition coefficient (Wildman–Crippen LogP) is 3.42. The molecular formula is C28H39N3O6. The molecule has 3 amide bonds. The van der Waals surface area contributed by atoms with Gasteiger partial charge in [0.1, 0.15) is 11.6 Å². The third kappa shape index (κ3) is 10.9. The normalized spacial score (nSPS) is 13.0. The van der Waals surface area contributed by atoms with Crippen LogP contribution in [0, 0.1) is 5.92 Å². The number of phenolic OH excluding ortho intramolecular Hbond substituents is 2. The summed E-state index contributed by atoms with van der Waals surface area (Å²) in [6.07, 6.45) is 0.388. The standard InChI is InChI=1S/C28H39N3O6/c1-18(2)15-21(29-14-13-19-9-7-6-8-10-19)25(34)31-26(35)22(30-27(36)37-28(3,4)5)16-20-11-12-23(32)24(33)17-20/h6-12,17-18,21-22,29,32-33H,13-16H2,1-5H3,(H,30,36)(H,31,34,35)/t21-,22-/m0/s1. The summed E-state index contributed by atoms with van der Waals surface area (Å²) < 4.78 is 5.28. The van der Waals surface area contributed by atoms with Crippen molar-refractivity contribution in [1.29, 1.82) is 0 Å². The van der Waals surface area contributed by atoms with E-state index in [1.807, 2.05) is 44.2 Å². The second-order valence-corrected chi connectivity index (χ2v) is 10.5. The Morgan fingerprint density at radius 2 is 1.54 bits per heavy atom. The van der Waals surface area contributed by atoms with E-state index in [-0.39, 0.29) is 23.8 Å². The predicted molar refractivity (Wildman–Crippen MR) is 141 cm³/mol. The molecule has 5 N–H and O–H groups in total. The first kappa shape index (κ1) is 29.6. The lowest BCUT2D eigenvalue weighted by Gasteiger charge is -2.24. The van der Waals surface area contributed by atoms with Gasteiger partial charge in [-0.1, -0.05) is 50.2 Å². The summed E-state index contributed by atoms with van der Waals surface area (Å²) in [4.78, 5) is 38.7. The number of amides is 3. The molecule has 202 valence electrons. The fourth-order valence-corrected chi connectivity index (χ4v) is 3.68. The summed E-state index contributed by atoms with van der Waals surface area (Å²) in [5, 5.41) is 27.6. The van der Waals surface area contributed by atoms with E-state index >= 15 is 0 Å². The fourth-order valence-electron chi connectivity index (χ4n) is 3.68. The minimum atomic E-state index is -1.16. The third-order valence-corrected chi connectivity index (χ3v) is 5.40. The molecule has 2 atom stereocenters. The molecule has 0 bridgehead atoms. The fraction of sp³-hybridized carbons (Fsp3) is 0.464. The molecule has 0 heterocycles. The molecule has 9 nitrogen and oxygen atoms in total. The van der Waals surface area contributed by atoms with Crippen LogP contribution < -0.4 is 16.0 Å². The molecule has 0 spiro atoms. The van der Waals surface area contributed by atoms with Gasteiger partial charge in [-0.3, -0.25) is 14.9 Å². The quantitative estimate of drug-likeness (QED) is 0.290. The summed E-state index contributed by atoms with van der Waals surface area (Å²) in [5.74, 6) is -1.66. The van der Waals surface area contributed by atoms with Gasteiger partial charge in [-0.15, -0.1) is 0 Å². The first-order valence-electron chi connectivity index (χ1n) is 12.5.